The van der Waals surface area contributed by atoms with Crippen LogP contribution in [0.3, 0.4) is 0 Å². The third kappa shape index (κ3) is 6.00. The molecule has 1 saturated heterocycles. The van der Waals surface area contributed by atoms with Crippen molar-refractivity contribution in [3.63, 3.8) is 0 Å². The van der Waals surface area contributed by atoms with Gasteiger partial charge < -0.3 is 15.2 Å². The average molecular weight is 503 g/mol. The Labute approximate surface area is 211 Å². The van der Waals surface area contributed by atoms with Crippen LogP contribution in [0.1, 0.15) is 27.0 Å². The quantitative estimate of drug-likeness (QED) is 0.419. The van der Waals surface area contributed by atoms with E-state index in [9.17, 15) is 19.2 Å². The minimum absolute atomic E-state index is 0.183. The molecule has 8 nitrogen and oxygen atoms in total. The topological polar surface area (TPSA) is 113 Å². The van der Waals surface area contributed by atoms with Gasteiger partial charge in [0.15, 0.2) is 0 Å². The van der Waals surface area contributed by atoms with Crippen molar-refractivity contribution in [2.24, 2.45) is 0 Å². The lowest BCUT2D eigenvalue weighted by Gasteiger charge is -2.13. The smallest absolute Gasteiger partial charge is 0.335 e. The molecule has 3 aromatic carbocycles. The van der Waals surface area contributed by atoms with Crippen molar-refractivity contribution < 1.29 is 29.0 Å². The zero-order valence-electron chi connectivity index (χ0n) is 19.3. The summed E-state index contributed by atoms with van der Waals surface area (Å²) in [5.41, 5.74) is 3.11. The number of thioether (sulfide) groups is 1. The van der Waals surface area contributed by atoms with Gasteiger partial charge in [-0.15, -0.1) is 0 Å². The zero-order valence-corrected chi connectivity index (χ0v) is 20.1. The van der Waals surface area contributed by atoms with E-state index in [2.05, 4.69) is 5.32 Å². The van der Waals surface area contributed by atoms with Gasteiger partial charge in [-0.05, 0) is 66.2 Å². The molecule has 0 aromatic heterocycles. The van der Waals surface area contributed by atoms with Gasteiger partial charge in [-0.3, -0.25) is 19.3 Å². The Morgan fingerprint density at radius 3 is 2.50 bits per heavy atom. The number of hydrogen-bond donors (Lipinski definition) is 2. The lowest BCUT2D eigenvalue weighted by molar-refractivity contribution is -0.127. The molecule has 2 N–H and O–H groups in total. The molecule has 0 aliphatic carbocycles. The first-order chi connectivity index (χ1) is 17.3. The molecular weight excluding hydrogens is 480 g/mol. The first-order valence-corrected chi connectivity index (χ1v) is 11.8. The second-order valence-corrected chi connectivity index (χ2v) is 9.01. The van der Waals surface area contributed by atoms with Crippen LogP contribution in [-0.4, -0.2) is 39.6 Å². The van der Waals surface area contributed by atoms with Gasteiger partial charge in [0.2, 0.25) is 5.91 Å². The SMILES string of the molecule is Cc1cccc(NC(=O)CN2C(=O)SC(=Cc3ccccc3OCc3ccc(C(=O)O)cc3)C2=O)c1. The number of aryl methyl sites for hydroxylation is 1. The molecule has 3 aromatic rings. The van der Waals surface area contributed by atoms with Crippen molar-refractivity contribution in [3.05, 3.63) is 100.0 Å². The second-order valence-electron chi connectivity index (χ2n) is 8.01. The molecule has 1 heterocycles. The Bertz CT molecular complexity index is 1370. The highest BCUT2D eigenvalue weighted by Crippen LogP contribution is 2.34. The molecule has 1 aliphatic heterocycles. The Morgan fingerprint density at radius 1 is 1.03 bits per heavy atom. The van der Waals surface area contributed by atoms with Crippen LogP contribution in [0.15, 0.2) is 77.7 Å². The molecule has 0 spiro atoms. The molecule has 0 unspecified atom stereocenters. The van der Waals surface area contributed by atoms with E-state index < -0.39 is 23.0 Å². The molecule has 3 amide bonds. The maximum absolute atomic E-state index is 12.9. The van der Waals surface area contributed by atoms with E-state index in [1.807, 2.05) is 13.0 Å². The monoisotopic (exact) mass is 502 g/mol. The highest BCUT2D eigenvalue weighted by Gasteiger charge is 2.36. The van der Waals surface area contributed by atoms with Gasteiger partial charge in [-0.2, -0.15) is 0 Å². The van der Waals surface area contributed by atoms with E-state index >= 15 is 0 Å². The molecule has 1 fully saturated rings. The van der Waals surface area contributed by atoms with Crippen molar-refractivity contribution in [3.8, 4) is 5.75 Å². The van der Waals surface area contributed by atoms with Crippen LogP contribution in [0.2, 0.25) is 0 Å². The summed E-state index contributed by atoms with van der Waals surface area (Å²) in [6.07, 6.45) is 1.56. The summed E-state index contributed by atoms with van der Waals surface area (Å²) >= 11 is 0.762. The highest BCUT2D eigenvalue weighted by atomic mass is 32.2. The van der Waals surface area contributed by atoms with Gasteiger partial charge in [0.25, 0.3) is 11.1 Å². The third-order valence-electron chi connectivity index (χ3n) is 5.28. The van der Waals surface area contributed by atoms with Gasteiger partial charge in [-0.1, -0.05) is 42.5 Å². The summed E-state index contributed by atoms with van der Waals surface area (Å²) in [4.78, 5) is 49.9. The number of nitrogens with one attached hydrogen (secondary N) is 1. The standard InChI is InChI=1S/C27H22N2O6S/c1-17-5-4-7-21(13-17)28-24(30)15-29-25(31)23(36-27(29)34)14-20-6-2-3-8-22(20)35-16-18-9-11-19(12-10-18)26(32)33/h2-14H,15-16H2,1H3,(H,28,30)(H,32,33). The Kier molecular flexibility index (Phi) is 7.50. The average Bonchev–Trinajstić information content (AvgIpc) is 3.11. The molecule has 36 heavy (non-hydrogen) atoms. The van der Waals surface area contributed by atoms with Gasteiger partial charge in [0.05, 0.1) is 10.5 Å². The summed E-state index contributed by atoms with van der Waals surface area (Å²) in [5.74, 6) is -1.54. The summed E-state index contributed by atoms with van der Waals surface area (Å²) in [6.45, 7) is 1.69. The fourth-order valence-electron chi connectivity index (χ4n) is 3.48. The van der Waals surface area contributed by atoms with Gasteiger partial charge in [-0.25, -0.2) is 4.79 Å². The number of ether oxygens (including phenoxy) is 1. The number of benzene rings is 3. The summed E-state index contributed by atoms with van der Waals surface area (Å²) in [6, 6.07) is 20.6. The number of rotatable bonds is 8. The highest BCUT2D eigenvalue weighted by molar-refractivity contribution is 8.18. The lowest BCUT2D eigenvalue weighted by atomic mass is 10.1. The summed E-state index contributed by atoms with van der Waals surface area (Å²) in [5, 5.41) is 11.2. The fraction of sp³-hybridized carbons (Fsp3) is 0.111. The number of nitrogens with zero attached hydrogens (tertiary/aromatic N) is 1. The predicted octanol–water partition coefficient (Wildman–Crippen LogP) is 4.95. The van der Waals surface area contributed by atoms with Crippen LogP contribution < -0.4 is 10.1 Å². The van der Waals surface area contributed by atoms with E-state index in [1.54, 1.807) is 60.7 Å². The number of carbonyl (C=O) groups is 4. The molecule has 0 atom stereocenters. The molecular formula is C27H22N2O6S. The van der Waals surface area contributed by atoms with Crippen LogP contribution in [0.4, 0.5) is 10.5 Å². The summed E-state index contributed by atoms with van der Waals surface area (Å²) in [7, 11) is 0. The molecule has 4 rings (SSSR count). The van der Waals surface area contributed by atoms with E-state index in [4.69, 9.17) is 9.84 Å². The molecule has 9 heteroatoms. The number of hydrogen-bond acceptors (Lipinski definition) is 6. The van der Waals surface area contributed by atoms with Gasteiger partial charge in [0.1, 0.15) is 18.9 Å². The third-order valence-corrected chi connectivity index (χ3v) is 6.19. The first-order valence-electron chi connectivity index (χ1n) is 11.0. The lowest BCUT2D eigenvalue weighted by Crippen LogP contribution is -2.36. The Morgan fingerprint density at radius 2 is 1.78 bits per heavy atom. The van der Waals surface area contributed by atoms with Gasteiger partial charge in [0, 0.05) is 11.3 Å². The maximum Gasteiger partial charge on any atom is 0.335 e. The van der Waals surface area contributed by atoms with Crippen molar-refractivity contribution in [1.82, 2.24) is 4.90 Å². The second kappa shape index (κ2) is 10.9. The Balaban J connectivity index is 1.43. The molecule has 0 radical (unpaired) electrons. The van der Waals surface area contributed by atoms with E-state index in [-0.39, 0.29) is 23.6 Å². The maximum atomic E-state index is 12.9. The largest absolute Gasteiger partial charge is 0.488 e. The number of anilines is 1. The van der Waals surface area contributed by atoms with Crippen LogP contribution in [0, 0.1) is 6.92 Å². The molecule has 0 bridgehead atoms. The minimum Gasteiger partial charge on any atom is -0.488 e. The van der Waals surface area contributed by atoms with Gasteiger partial charge >= 0.3 is 5.97 Å². The predicted molar refractivity (Wildman–Crippen MR) is 137 cm³/mol. The van der Waals surface area contributed by atoms with Crippen LogP contribution in [0.5, 0.6) is 5.75 Å². The fourth-order valence-corrected chi connectivity index (χ4v) is 4.31. The van der Waals surface area contributed by atoms with Crippen molar-refractivity contribution in [2.45, 2.75) is 13.5 Å². The van der Waals surface area contributed by atoms with E-state index in [0.717, 1.165) is 27.8 Å². The minimum atomic E-state index is -1.01. The van der Waals surface area contributed by atoms with E-state index in [0.29, 0.717) is 17.0 Å². The van der Waals surface area contributed by atoms with Crippen LogP contribution in [0.25, 0.3) is 6.08 Å². The van der Waals surface area contributed by atoms with Crippen LogP contribution in [-0.2, 0) is 16.2 Å². The number of imide groups is 1. The normalized spacial score (nSPS) is 14.2. The number of amides is 3. The molecule has 0 saturated carbocycles. The number of para-hydroxylation sites is 1. The number of carboxylic acids is 1. The number of aromatic carboxylic acids is 1. The summed E-state index contributed by atoms with van der Waals surface area (Å²) < 4.78 is 5.89. The first kappa shape index (κ1) is 24.7. The Hall–Kier alpha value is -4.37. The van der Waals surface area contributed by atoms with Crippen molar-refractivity contribution in [1.29, 1.82) is 0 Å². The molecule has 182 valence electrons. The van der Waals surface area contributed by atoms with Crippen LogP contribution >= 0.6 is 11.8 Å². The number of carbonyl (C=O) groups excluding carboxylic acids is 3. The van der Waals surface area contributed by atoms with E-state index in [1.165, 1.54) is 12.1 Å². The van der Waals surface area contributed by atoms with Crippen molar-refractivity contribution in [2.75, 3.05) is 11.9 Å². The zero-order chi connectivity index (χ0) is 25.7. The number of carboxylic acid groups (broad SMARTS) is 1. The van der Waals surface area contributed by atoms with Crippen molar-refractivity contribution >= 4 is 46.5 Å². The molecule has 1 aliphatic rings.